The van der Waals surface area contributed by atoms with Gasteiger partial charge in [-0.3, -0.25) is 9.59 Å². The Hall–Kier alpha value is -3.77. The number of likely N-dealkylation sites (tertiary alicyclic amines) is 1. The van der Waals surface area contributed by atoms with Crippen molar-refractivity contribution in [2.24, 2.45) is 5.92 Å². The third-order valence-corrected chi connectivity index (χ3v) is 6.93. The van der Waals surface area contributed by atoms with Crippen LogP contribution in [0.1, 0.15) is 17.5 Å². The van der Waals surface area contributed by atoms with Crippen molar-refractivity contribution in [1.29, 1.82) is 0 Å². The zero-order chi connectivity index (χ0) is 23.3. The van der Waals surface area contributed by atoms with Crippen molar-refractivity contribution in [2.45, 2.75) is 19.5 Å². The molecule has 1 fully saturated rings. The van der Waals surface area contributed by atoms with E-state index in [1.54, 1.807) is 16.2 Å². The summed E-state index contributed by atoms with van der Waals surface area (Å²) in [7, 11) is 0. The largest absolute Gasteiger partial charge is 0.352 e. The van der Waals surface area contributed by atoms with Crippen LogP contribution < -0.4 is 5.32 Å². The Kier molecular flexibility index (Phi) is 6.49. The summed E-state index contributed by atoms with van der Waals surface area (Å²) in [5, 5.41) is 6.04. The molecule has 1 aliphatic rings. The summed E-state index contributed by atoms with van der Waals surface area (Å²) >= 11 is 1.62. The molecular weight excluding hydrogens is 442 g/mol. The van der Waals surface area contributed by atoms with Crippen molar-refractivity contribution in [1.82, 2.24) is 15.2 Å². The molecule has 170 valence electrons. The second kappa shape index (κ2) is 10.0. The van der Waals surface area contributed by atoms with E-state index in [4.69, 9.17) is 4.98 Å². The zero-order valence-electron chi connectivity index (χ0n) is 18.7. The monoisotopic (exact) mass is 467 g/mol. The first kappa shape index (κ1) is 22.0. The van der Waals surface area contributed by atoms with Crippen LogP contribution in [-0.4, -0.2) is 28.2 Å². The van der Waals surface area contributed by atoms with Crippen LogP contribution in [0.25, 0.3) is 21.8 Å². The fraction of sp³-hybridized carbons (Fsp3) is 0.179. The van der Waals surface area contributed by atoms with Gasteiger partial charge in [-0.2, -0.15) is 0 Å². The predicted octanol–water partition coefficient (Wildman–Crippen LogP) is 5.14. The first-order valence-corrected chi connectivity index (χ1v) is 12.2. The van der Waals surface area contributed by atoms with Gasteiger partial charge in [-0.15, -0.1) is 11.3 Å². The molecule has 1 aliphatic heterocycles. The third kappa shape index (κ3) is 5.07. The first-order chi connectivity index (χ1) is 16.7. The number of hydrogen-bond donors (Lipinski definition) is 1. The molecule has 0 bridgehead atoms. The number of hydrogen-bond acceptors (Lipinski definition) is 4. The molecule has 4 aromatic rings. The summed E-state index contributed by atoms with van der Waals surface area (Å²) < 4.78 is 0. The Morgan fingerprint density at radius 1 is 0.912 bits per heavy atom. The maximum atomic E-state index is 12.7. The van der Waals surface area contributed by atoms with E-state index < -0.39 is 0 Å². The van der Waals surface area contributed by atoms with Crippen LogP contribution in [0.3, 0.4) is 0 Å². The van der Waals surface area contributed by atoms with Gasteiger partial charge in [-0.25, -0.2) is 4.98 Å². The van der Waals surface area contributed by atoms with Gasteiger partial charge in [-0.05, 0) is 11.1 Å². The second-order valence-electron chi connectivity index (χ2n) is 8.48. The van der Waals surface area contributed by atoms with E-state index in [1.165, 1.54) is 0 Å². The van der Waals surface area contributed by atoms with E-state index in [2.05, 4.69) is 22.8 Å². The highest BCUT2D eigenvalue weighted by Crippen LogP contribution is 2.29. The van der Waals surface area contributed by atoms with Gasteiger partial charge in [0.2, 0.25) is 11.8 Å². The highest BCUT2D eigenvalue weighted by atomic mass is 32.1. The van der Waals surface area contributed by atoms with Crippen LogP contribution >= 0.6 is 11.3 Å². The van der Waals surface area contributed by atoms with E-state index in [0.717, 1.165) is 33.0 Å². The minimum absolute atomic E-state index is 0.0340. The van der Waals surface area contributed by atoms with Crippen LogP contribution in [0.15, 0.2) is 90.3 Å². The number of aromatic nitrogens is 1. The third-order valence-electron chi connectivity index (χ3n) is 6.04. The fourth-order valence-electron chi connectivity index (χ4n) is 4.15. The Balaban J connectivity index is 1.15. The van der Waals surface area contributed by atoms with Gasteiger partial charge in [-0.1, -0.05) is 84.9 Å². The molecule has 1 N–H and O–H groups in total. The lowest BCUT2D eigenvalue weighted by Crippen LogP contribution is -2.32. The van der Waals surface area contributed by atoms with E-state index in [9.17, 15) is 9.59 Å². The number of amides is 2. The number of nitrogens with one attached hydrogen (secondary N) is 1. The maximum absolute atomic E-state index is 12.7. The molecule has 0 aliphatic carbocycles. The Morgan fingerprint density at radius 2 is 1.62 bits per heavy atom. The van der Waals surface area contributed by atoms with Crippen LogP contribution in [0.2, 0.25) is 0 Å². The molecule has 1 saturated heterocycles. The molecule has 2 amide bonds. The van der Waals surface area contributed by atoms with Crippen LogP contribution in [0, 0.1) is 5.92 Å². The lowest BCUT2D eigenvalue weighted by molar-refractivity contribution is -0.129. The minimum atomic E-state index is -0.304. The highest BCUT2D eigenvalue weighted by molar-refractivity contribution is 7.13. The van der Waals surface area contributed by atoms with E-state index in [-0.39, 0.29) is 24.2 Å². The summed E-state index contributed by atoms with van der Waals surface area (Å²) in [6.45, 7) is 1.45. The van der Waals surface area contributed by atoms with Gasteiger partial charge >= 0.3 is 0 Å². The lowest BCUT2D eigenvalue weighted by atomic mass is 10.1. The lowest BCUT2D eigenvalue weighted by Gasteiger charge is -2.16. The van der Waals surface area contributed by atoms with E-state index >= 15 is 0 Å². The summed E-state index contributed by atoms with van der Waals surface area (Å²) in [6, 6.07) is 28.1. The van der Waals surface area contributed by atoms with Crippen molar-refractivity contribution >= 4 is 23.2 Å². The molecule has 0 saturated carbocycles. The van der Waals surface area contributed by atoms with Crippen molar-refractivity contribution in [3.63, 3.8) is 0 Å². The smallest absolute Gasteiger partial charge is 0.225 e. The zero-order valence-corrected chi connectivity index (χ0v) is 19.5. The Labute approximate surface area is 203 Å². The highest BCUT2D eigenvalue weighted by Gasteiger charge is 2.34. The quantitative estimate of drug-likeness (QED) is 0.409. The number of nitrogens with zero attached hydrogens (tertiary/aromatic N) is 2. The molecular formula is C28H25N3O2S. The SMILES string of the molecule is O=C(NCc1ccc(-c2nc(-c3ccccc3)cs2)cc1)C1CC(=O)N(Cc2ccccc2)C1. The summed E-state index contributed by atoms with van der Waals surface area (Å²) in [4.78, 5) is 31.6. The summed E-state index contributed by atoms with van der Waals surface area (Å²) in [5.41, 5.74) is 5.23. The van der Waals surface area contributed by atoms with Crippen LogP contribution in [-0.2, 0) is 22.7 Å². The molecule has 0 spiro atoms. The van der Waals surface area contributed by atoms with Crippen molar-refractivity contribution in [2.75, 3.05) is 6.54 Å². The van der Waals surface area contributed by atoms with Gasteiger partial charge in [0.25, 0.3) is 0 Å². The van der Waals surface area contributed by atoms with Crippen LogP contribution in [0.5, 0.6) is 0 Å². The van der Waals surface area contributed by atoms with Gasteiger partial charge in [0.15, 0.2) is 0 Å². The van der Waals surface area contributed by atoms with E-state index in [1.807, 2.05) is 72.8 Å². The van der Waals surface area contributed by atoms with Gasteiger partial charge < -0.3 is 10.2 Å². The molecule has 2 heterocycles. The normalized spacial score (nSPS) is 15.5. The molecule has 0 radical (unpaired) electrons. The number of rotatable bonds is 7. The molecule has 1 atom stereocenters. The molecule has 5 rings (SSSR count). The van der Waals surface area contributed by atoms with Gasteiger partial charge in [0, 0.05) is 42.6 Å². The molecule has 6 heteroatoms. The number of carbonyl (C=O) groups is 2. The summed E-state index contributed by atoms with van der Waals surface area (Å²) in [5.74, 6) is -0.339. The van der Waals surface area contributed by atoms with Crippen LogP contribution in [0.4, 0.5) is 0 Å². The van der Waals surface area contributed by atoms with Crippen molar-refractivity contribution in [3.8, 4) is 21.8 Å². The molecule has 34 heavy (non-hydrogen) atoms. The minimum Gasteiger partial charge on any atom is -0.352 e. The summed E-state index contributed by atoms with van der Waals surface area (Å²) in [6.07, 6.45) is 0.269. The Morgan fingerprint density at radius 3 is 2.35 bits per heavy atom. The van der Waals surface area contributed by atoms with Gasteiger partial charge in [0.1, 0.15) is 5.01 Å². The van der Waals surface area contributed by atoms with Crippen molar-refractivity contribution in [3.05, 3.63) is 101 Å². The fourth-order valence-corrected chi connectivity index (χ4v) is 4.99. The molecule has 1 unspecified atom stereocenters. The number of carbonyl (C=O) groups excluding carboxylic acids is 2. The van der Waals surface area contributed by atoms with Gasteiger partial charge in [0.05, 0.1) is 11.6 Å². The van der Waals surface area contributed by atoms with Crippen molar-refractivity contribution < 1.29 is 9.59 Å². The number of benzene rings is 3. The topological polar surface area (TPSA) is 62.3 Å². The molecule has 1 aromatic heterocycles. The predicted molar refractivity (Wildman–Crippen MR) is 135 cm³/mol. The standard InChI is InChI=1S/C28H25N3O2S/c32-26-15-24(18-31(26)17-21-7-3-1-4-8-21)27(33)29-16-20-11-13-23(14-12-20)28-30-25(19-34-28)22-9-5-2-6-10-22/h1-14,19,24H,15-18H2,(H,29,33). The second-order valence-corrected chi connectivity index (χ2v) is 9.34. The Bertz CT molecular complexity index is 1270. The average molecular weight is 468 g/mol. The molecule has 3 aromatic carbocycles. The maximum Gasteiger partial charge on any atom is 0.225 e. The molecule has 5 nitrogen and oxygen atoms in total. The average Bonchev–Trinajstić information content (AvgIpc) is 3.52. The first-order valence-electron chi connectivity index (χ1n) is 11.4. The number of thiazole rings is 1. The van der Waals surface area contributed by atoms with E-state index in [0.29, 0.717) is 19.6 Å².